The molecule has 4 nitrogen and oxygen atoms in total. The first-order valence-electron chi connectivity index (χ1n) is 12.1. The van der Waals surface area contributed by atoms with Crippen LogP contribution in [0.4, 0.5) is 0 Å². The molecule has 0 aliphatic rings. The van der Waals surface area contributed by atoms with Crippen molar-refractivity contribution in [2.45, 2.75) is 0 Å². The molecule has 3 heterocycles. The molecule has 0 saturated carbocycles. The van der Waals surface area contributed by atoms with Crippen molar-refractivity contribution in [3.63, 3.8) is 0 Å². The average molecular weight is 461 g/mol. The quantitative estimate of drug-likeness (QED) is 0.264. The first kappa shape index (κ1) is 19.4. The molecular weight excluding hydrogens is 440 g/mol. The van der Waals surface area contributed by atoms with Gasteiger partial charge in [0.05, 0.1) is 22.1 Å². The Morgan fingerprint density at radius 1 is 0.444 bits per heavy atom. The van der Waals surface area contributed by atoms with Crippen molar-refractivity contribution in [2.75, 3.05) is 0 Å². The van der Waals surface area contributed by atoms with E-state index >= 15 is 0 Å². The molecule has 4 heteroatoms. The summed E-state index contributed by atoms with van der Waals surface area (Å²) in [7, 11) is 0. The van der Waals surface area contributed by atoms with Crippen LogP contribution in [0.15, 0.2) is 122 Å². The van der Waals surface area contributed by atoms with E-state index in [1.54, 1.807) is 12.4 Å². The number of hydrogen-bond donors (Lipinski definition) is 0. The molecule has 0 saturated heterocycles. The summed E-state index contributed by atoms with van der Waals surface area (Å²) in [6, 6.07) is 38.8. The Morgan fingerprint density at radius 2 is 1.11 bits per heavy atom. The maximum absolute atomic E-state index is 4.60. The minimum Gasteiger partial charge on any atom is -0.309 e. The number of fused-ring (bicyclic) bond motifs is 8. The number of nitrogens with zero attached hydrogens (tertiary/aromatic N) is 4. The van der Waals surface area contributed by atoms with Crippen molar-refractivity contribution < 1.29 is 0 Å². The highest BCUT2D eigenvalue weighted by molar-refractivity contribution is 6.23. The first-order valence-corrected chi connectivity index (χ1v) is 12.1. The Labute approximate surface area is 206 Å². The van der Waals surface area contributed by atoms with Gasteiger partial charge in [0, 0.05) is 45.0 Å². The van der Waals surface area contributed by atoms with Crippen molar-refractivity contribution >= 4 is 54.4 Å². The summed E-state index contributed by atoms with van der Waals surface area (Å²) in [6.45, 7) is 0. The number of aromatic nitrogens is 4. The highest BCUT2D eigenvalue weighted by Gasteiger charge is 2.20. The van der Waals surface area contributed by atoms with Gasteiger partial charge in [0.2, 0.25) is 5.95 Å². The molecule has 3 aromatic heterocycles. The van der Waals surface area contributed by atoms with Crippen LogP contribution in [-0.4, -0.2) is 19.1 Å². The molecule has 36 heavy (non-hydrogen) atoms. The molecule has 0 aliphatic heterocycles. The predicted molar refractivity (Wildman–Crippen MR) is 148 cm³/mol. The summed E-state index contributed by atoms with van der Waals surface area (Å²) in [5.41, 5.74) is 5.79. The maximum Gasteiger partial charge on any atom is 0.234 e. The van der Waals surface area contributed by atoms with E-state index in [1.807, 2.05) is 6.07 Å². The van der Waals surface area contributed by atoms with E-state index in [1.165, 1.54) is 43.4 Å². The van der Waals surface area contributed by atoms with Crippen LogP contribution in [0.5, 0.6) is 0 Å². The zero-order valence-electron chi connectivity index (χ0n) is 19.3. The zero-order valence-corrected chi connectivity index (χ0v) is 19.3. The second-order valence-corrected chi connectivity index (χ2v) is 9.14. The van der Waals surface area contributed by atoms with Crippen LogP contribution in [0, 0.1) is 0 Å². The lowest BCUT2D eigenvalue weighted by Crippen LogP contribution is -1.99. The summed E-state index contributed by atoms with van der Waals surface area (Å²) >= 11 is 0. The highest BCUT2D eigenvalue weighted by atomic mass is 15.1. The van der Waals surface area contributed by atoms with E-state index in [0.717, 1.165) is 16.7 Å². The smallest absolute Gasteiger partial charge is 0.234 e. The predicted octanol–water partition coefficient (Wildman–Crippen LogP) is 7.82. The summed E-state index contributed by atoms with van der Waals surface area (Å²) in [6.07, 6.45) is 3.60. The highest BCUT2D eigenvalue weighted by Crippen LogP contribution is 2.41. The summed E-state index contributed by atoms with van der Waals surface area (Å²) in [5, 5.41) is 7.32. The Kier molecular flexibility index (Phi) is 3.91. The third-order valence-corrected chi connectivity index (χ3v) is 7.21. The van der Waals surface area contributed by atoms with E-state index in [-0.39, 0.29) is 0 Å². The van der Waals surface area contributed by atoms with Gasteiger partial charge in [0.25, 0.3) is 0 Å². The monoisotopic (exact) mass is 460 g/mol. The van der Waals surface area contributed by atoms with E-state index in [9.17, 15) is 0 Å². The largest absolute Gasteiger partial charge is 0.309 e. The van der Waals surface area contributed by atoms with Gasteiger partial charge in [0.15, 0.2) is 0 Å². The summed E-state index contributed by atoms with van der Waals surface area (Å²) < 4.78 is 4.59. The molecule has 0 unspecified atom stereocenters. The second-order valence-electron chi connectivity index (χ2n) is 9.14. The zero-order chi connectivity index (χ0) is 23.6. The lowest BCUT2D eigenvalue weighted by molar-refractivity contribution is 0.989. The Morgan fingerprint density at radius 3 is 1.94 bits per heavy atom. The van der Waals surface area contributed by atoms with Crippen LogP contribution in [0.3, 0.4) is 0 Å². The van der Waals surface area contributed by atoms with Crippen LogP contribution in [0.1, 0.15) is 0 Å². The van der Waals surface area contributed by atoms with Crippen LogP contribution < -0.4 is 0 Å². The number of benzene rings is 5. The molecule has 8 aromatic rings. The van der Waals surface area contributed by atoms with Crippen molar-refractivity contribution in [3.05, 3.63) is 122 Å². The molecule has 0 spiro atoms. The van der Waals surface area contributed by atoms with Gasteiger partial charge >= 0.3 is 0 Å². The van der Waals surface area contributed by atoms with Gasteiger partial charge in [-0.05, 0) is 41.8 Å². The molecule has 8 rings (SSSR count). The number of para-hydroxylation sites is 2. The minimum atomic E-state index is 0.681. The fourth-order valence-electron chi connectivity index (χ4n) is 5.71. The van der Waals surface area contributed by atoms with Crippen molar-refractivity contribution in [1.29, 1.82) is 0 Å². The van der Waals surface area contributed by atoms with E-state index in [2.05, 4.69) is 122 Å². The molecular formula is C32H20N4. The third-order valence-electron chi connectivity index (χ3n) is 7.21. The molecule has 0 amide bonds. The summed E-state index contributed by atoms with van der Waals surface area (Å²) in [4.78, 5) is 9.21. The van der Waals surface area contributed by atoms with Crippen molar-refractivity contribution in [3.8, 4) is 11.6 Å². The topological polar surface area (TPSA) is 35.6 Å². The summed E-state index contributed by atoms with van der Waals surface area (Å²) in [5.74, 6) is 0.681. The van der Waals surface area contributed by atoms with Gasteiger partial charge in [-0.3, -0.25) is 4.57 Å². The van der Waals surface area contributed by atoms with Gasteiger partial charge in [0.1, 0.15) is 0 Å². The van der Waals surface area contributed by atoms with Crippen LogP contribution in [0.25, 0.3) is 66.0 Å². The molecule has 0 bridgehead atoms. The third kappa shape index (κ3) is 2.58. The lowest BCUT2D eigenvalue weighted by atomic mass is 10.0. The SMILES string of the molecule is c1ccc(-n2c3cc4c5ccccc5n(-c5ncccn5)c4cc3c3ccc4ccccc4c32)cc1. The van der Waals surface area contributed by atoms with Crippen molar-refractivity contribution in [2.24, 2.45) is 0 Å². The number of hydrogen-bond acceptors (Lipinski definition) is 2. The van der Waals surface area contributed by atoms with Crippen LogP contribution in [-0.2, 0) is 0 Å². The fourth-order valence-corrected chi connectivity index (χ4v) is 5.71. The lowest BCUT2D eigenvalue weighted by Gasteiger charge is -2.10. The molecule has 0 aliphatic carbocycles. The average Bonchev–Trinajstić information content (AvgIpc) is 3.45. The maximum atomic E-state index is 4.60. The Hall–Kier alpha value is -4.96. The van der Waals surface area contributed by atoms with Crippen LogP contribution in [0.2, 0.25) is 0 Å². The Bertz CT molecular complexity index is 2080. The standard InChI is InChI=1S/C32H20N4/c1-2-10-22(11-3-1)35-29-19-26-24-13-6-7-14-28(24)36(32-33-17-8-18-34-32)30(26)20-27(29)25-16-15-21-9-4-5-12-23(21)31(25)35/h1-20H. The van der Waals surface area contributed by atoms with E-state index in [0.29, 0.717) is 5.95 Å². The normalized spacial score (nSPS) is 11.9. The van der Waals surface area contributed by atoms with Gasteiger partial charge in [-0.2, -0.15) is 0 Å². The van der Waals surface area contributed by atoms with Gasteiger partial charge < -0.3 is 4.57 Å². The molecule has 5 aromatic carbocycles. The van der Waals surface area contributed by atoms with Gasteiger partial charge in [-0.15, -0.1) is 0 Å². The molecule has 0 N–H and O–H groups in total. The first-order chi connectivity index (χ1) is 17.9. The molecule has 0 radical (unpaired) electrons. The Balaban J connectivity index is 1.62. The van der Waals surface area contributed by atoms with Gasteiger partial charge in [-0.1, -0.05) is 72.8 Å². The van der Waals surface area contributed by atoms with Crippen molar-refractivity contribution in [1.82, 2.24) is 19.1 Å². The van der Waals surface area contributed by atoms with Gasteiger partial charge in [-0.25, -0.2) is 9.97 Å². The number of rotatable bonds is 2. The molecule has 168 valence electrons. The van der Waals surface area contributed by atoms with Crippen LogP contribution >= 0.6 is 0 Å². The molecule has 0 fully saturated rings. The fraction of sp³-hybridized carbons (Fsp3) is 0. The minimum absolute atomic E-state index is 0.681. The molecule has 0 atom stereocenters. The van der Waals surface area contributed by atoms with E-state index in [4.69, 9.17) is 0 Å². The second kappa shape index (κ2) is 7.27. The van der Waals surface area contributed by atoms with E-state index < -0.39 is 0 Å².